The van der Waals surface area contributed by atoms with Crippen molar-refractivity contribution >= 4 is 17.1 Å². The van der Waals surface area contributed by atoms with Crippen LogP contribution in [0.4, 0.5) is 0 Å². The number of hydrogen-bond donors (Lipinski definition) is 1. The average molecular weight is 334 g/mol. The number of esters is 1. The van der Waals surface area contributed by atoms with E-state index in [0.29, 0.717) is 11.2 Å². The van der Waals surface area contributed by atoms with Gasteiger partial charge in [0.1, 0.15) is 12.8 Å². The van der Waals surface area contributed by atoms with E-state index in [2.05, 4.69) is 15.0 Å². The van der Waals surface area contributed by atoms with Gasteiger partial charge in [0.05, 0.1) is 24.2 Å². The highest BCUT2D eigenvalue weighted by Gasteiger charge is 2.32. The van der Waals surface area contributed by atoms with E-state index in [1.54, 1.807) is 10.9 Å². The predicted molar refractivity (Wildman–Crippen MR) is 86.3 cm³/mol. The summed E-state index contributed by atoms with van der Waals surface area (Å²) in [6, 6.07) is 0. The number of rotatable bonds is 5. The molecule has 3 heterocycles. The molecule has 0 aromatic carbocycles. The summed E-state index contributed by atoms with van der Waals surface area (Å²) in [7, 11) is 0. The molecule has 130 valence electrons. The van der Waals surface area contributed by atoms with E-state index in [9.17, 15) is 9.59 Å². The molecule has 1 saturated heterocycles. The molecule has 0 unspecified atom stereocenters. The van der Waals surface area contributed by atoms with Gasteiger partial charge in [-0.1, -0.05) is 6.92 Å². The third-order valence-corrected chi connectivity index (χ3v) is 4.60. The Bertz CT molecular complexity index is 795. The first-order chi connectivity index (χ1) is 11.4. The van der Waals surface area contributed by atoms with E-state index in [0.717, 1.165) is 19.3 Å². The van der Waals surface area contributed by atoms with Gasteiger partial charge in [0.15, 0.2) is 11.2 Å². The minimum Gasteiger partial charge on any atom is -0.463 e. The van der Waals surface area contributed by atoms with E-state index in [-0.39, 0.29) is 30.5 Å². The first-order valence-corrected chi connectivity index (χ1v) is 8.15. The van der Waals surface area contributed by atoms with Crippen LogP contribution in [0.25, 0.3) is 11.2 Å². The van der Waals surface area contributed by atoms with Crippen molar-refractivity contribution in [3.8, 4) is 0 Å². The molecule has 0 aliphatic carbocycles. The Morgan fingerprint density at radius 3 is 3.00 bits per heavy atom. The summed E-state index contributed by atoms with van der Waals surface area (Å²) in [5.74, 6) is -0.210. The highest BCUT2D eigenvalue weighted by atomic mass is 16.6. The summed E-state index contributed by atoms with van der Waals surface area (Å²) in [6.07, 6.45) is 4.74. The molecule has 0 radical (unpaired) electrons. The molecule has 2 aromatic heterocycles. The number of hydrogen-bond acceptors (Lipinski definition) is 6. The van der Waals surface area contributed by atoms with E-state index in [1.807, 2.05) is 20.8 Å². The van der Waals surface area contributed by atoms with Gasteiger partial charge in [0, 0.05) is 0 Å². The van der Waals surface area contributed by atoms with E-state index in [4.69, 9.17) is 9.47 Å². The molecule has 1 N–H and O–H groups in total. The molecular formula is C16H22N4O4. The minimum absolute atomic E-state index is 0.161. The smallest absolute Gasteiger partial charge is 0.311 e. The number of H-pyrrole nitrogens is 1. The zero-order valence-corrected chi connectivity index (χ0v) is 14.1. The molecule has 8 nitrogen and oxygen atoms in total. The minimum atomic E-state index is -0.483. The van der Waals surface area contributed by atoms with Gasteiger partial charge in [-0.15, -0.1) is 0 Å². The maximum atomic E-state index is 12.0. The first kappa shape index (κ1) is 16.6. The topological polar surface area (TPSA) is 99.1 Å². The molecule has 24 heavy (non-hydrogen) atoms. The number of carbonyl (C=O) groups excluding carboxylic acids is 1. The third kappa shape index (κ3) is 3.06. The van der Waals surface area contributed by atoms with Crippen LogP contribution >= 0.6 is 0 Å². The molecule has 0 saturated carbocycles. The van der Waals surface area contributed by atoms with Crippen molar-refractivity contribution in [1.29, 1.82) is 0 Å². The van der Waals surface area contributed by atoms with Crippen LogP contribution in [0.1, 0.15) is 46.3 Å². The Balaban J connectivity index is 1.64. The molecule has 3 rings (SSSR count). The van der Waals surface area contributed by atoms with Crippen LogP contribution in [0.15, 0.2) is 17.4 Å². The number of nitrogens with zero attached hydrogens (tertiary/aromatic N) is 3. The fourth-order valence-electron chi connectivity index (χ4n) is 2.60. The number of carbonyl (C=O) groups is 1. The van der Waals surface area contributed by atoms with Gasteiger partial charge >= 0.3 is 5.97 Å². The summed E-state index contributed by atoms with van der Waals surface area (Å²) in [4.78, 5) is 34.5. The molecule has 0 amide bonds. The van der Waals surface area contributed by atoms with Crippen molar-refractivity contribution in [3.63, 3.8) is 0 Å². The second-order valence-corrected chi connectivity index (χ2v) is 6.68. The highest BCUT2D eigenvalue weighted by molar-refractivity contribution is 5.75. The number of ether oxygens (including phenoxy) is 2. The second kappa shape index (κ2) is 6.35. The molecule has 8 heteroatoms. The monoisotopic (exact) mass is 334 g/mol. The van der Waals surface area contributed by atoms with Gasteiger partial charge in [0.2, 0.25) is 0 Å². The zero-order valence-electron chi connectivity index (χ0n) is 14.1. The summed E-state index contributed by atoms with van der Waals surface area (Å²) >= 11 is 0. The lowest BCUT2D eigenvalue weighted by Gasteiger charge is -2.22. The molecule has 0 spiro atoms. The Labute approximate surface area is 139 Å². The molecule has 0 bridgehead atoms. The van der Waals surface area contributed by atoms with Gasteiger partial charge < -0.3 is 14.5 Å². The lowest BCUT2D eigenvalue weighted by Crippen LogP contribution is -2.29. The number of imidazole rings is 1. The van der Waals surface area contributed by atoms with Crippen molar-refractivity contribution in [2.24, 2.45) is 5.41 Å². The second-order valence-electron chi connectivity index (χ2n) is 6.68. The lowest BCUT2D eigenvalue weighted by molar-refractivity contribution is -0.158. The van der Waals surface area contributed by atoms with Gasteiger partial charge in [0.25, 0.3) is 5.56 Å². The molecular weight excluding hydrogens is 312 g/mol. The number of aromatic nitrogens is 4. The van der Waals surface area contributed by atoms with E-state index < -0.39 is 5.41 Å². The average Bonchev–Trinajstić information content (AvgIpc) is 3.19. The Kier molecular flexibility index (Phi) is 4.40. The van der Waals surface area contributed by atoms with Gasteiger partial charge in [-0.3, -0.25) is 14.2 Å². The molecule has 1 fully saturated rings. The first-order valence-electron chi connectivity index (χ1n) is 8.15. The van der Waals surface area contributed by atoms with Gasteiger partial charge in [-0.05, 0) is 33.1 Å². The molecule has 1 aliphatic heterocycles. The van der Waals surface area contributed by atoms with Crippen LogP contribution in [0, 0.1) is 5.41 Å². The molecule has 1 aliphatic rings. The van der Waals surface area contributed by atoms with Crippen molar-refractivity contribution < 1.29 is 14.3 Å². The Hall–Kier alpha value is -2.22. The fourth-order valence-corrected chi connectivity index (χ4v) is 2.60. The largest absolute Gasteiger partial charge is 0.463 e. The van der Waals surface area contributed by atoms with Crippen LogP contribution in [0.3, 0.4) is 0 Å². The van der Waals surface area contributed by atoms with Crippen molar-refractivity contribution in [3.05, 3.63) is 23.0 Å². The maximum Gasteiger partial charge on any atom is 0.311 e. The number of nitrogens with one attached hydrogen (secondary N) is 1. The van der Waals surface area contributed by atoms with Crippen molar-refractivity contribution in [2.45, 2.75) is 52.4 Å². The van der Waals surface area contributed by atoms with Crippen LogP contribution in [-0.2, 0) is 14.3 Å². The lowest BCUT2D eigenvalue weighted by atomic mass is 9.91. The van der Waals surface area contributed by atoms with Crippen LogP contribution in [0.5, 0.6) is 0 Å². The predicted octanol–water partition coefficient (Wildman–Crippen LogP) is 1.78. The quantitative estimate of drug-likeness (QED) is 0.837. The normalized spacial score (nSPS) is 21.3. The summed E-state index contributed by atoms with van der Waals surface area (Å²) in [6.45, 7) is 5.94. The molecule has 2 atom stereocenters. The standard InChI is InChI=1S/C16H22N4O4/c1-4-16(2,3)15(22)23-7-10-5-6-11(24-10)20-9-19-12-13(20)17-8-18-14(12)21/h8-11H,4-7H2,1-3H3,(H,17,18,21)/t10-,11+/m0/s1. The maximum absolute atomic E-state index is 12.0. The van der Waals surface area contributed by atoms with E-state index >= 15 is 0 Å². The van der Waals surface area contributed by atoms with Gasteiger partial charge in [-0.2, -0.15) is 0 Å². The zero-order chi connectivity index (χ0) is 17.3. The fraction of sp³-hybridized carbons (Fsp3) is 0.625. The third-order valence-electron chi connectivity index (χ3n) is 4.60. The molecule has 2 aromatic rings. The Morgan fingerprint density at radius 2 is 2.25 bits per heavy atom. The van der Waals surface area contributed by atoms with Crippen molar-refractivity contribution in [2.75, 3.05) is 6.61 Å². The van der Waals surface area contributed by atoms with E-state index in [1.165, 1.54) is 6.33 Å². The van der Waals surface area contributed by atoms with Crippen LogP contribution in [-0.4, -0.2) is 38.2 Å². The summed E-state index contributed by atoms with van der Waals surface area (Å²) in [5, 5.41) is 0. The SMILES string of the molecule is CCC(C)(C)C(=O)OC[C@@H]1CC[C@H](n2cnc3c(=O)[nH]cnc32)O1. The summed E-state index contributed by atoms with van der Waals surface area (Å²) in [5.41, 5.74) is 0.0296. The highest BCUT2D eigenvalue weighted by Crippen LogP contribution is 2.30. The number of aromatic amines is 1. The van der Waals surface area contributed by atoms with Crippen LogP contribution < -0.4 is 5.56 Å². The van der Waals surface area contributed by atoms with Gasteiger partial charge in [-0.25, -0.2) is 9.97 Å². The summed E-state index contributed by atoms with van der Waals surface area (Å²) < 4.78 is 13.1. The Morgan fingerprint density at radius 1 is 1.46 bits per heavy atom. The number of fused-ring (bicyclic) bond motifs is 1. The van der Waals surface area contributed by atoms with Crippen molar-refractivity contribution in [1.82, 2.24) is 19.5 Å². The van der Waals surface area contributed by atoms with Crippen LogP contribution in [0.2, 0.25) is 0 Å².